The first-order valence-electron chi connectivity index (χ1n) is 9.38. The van der Waals surface area contributed by atoms with Crippen molar-refractivity contribution in [2.24, 2.45) is 7.05 Å². The van der Waals surface area contributed by atoms with Gasteiger partial charge < -0.3 is 14.8 Å². The molecule has 28 heavy (non-hydrogen) atoms. The number of anilines is 1. The number of carbonyl (C=O) groups is 2. The largest absolute Gasteiger partial charge is 0.347 e. The average molecular weight is 396 g/mol. The molecule has 144 valence electrons. The van der Waals surface area contributed by atoms with Crippen LogP contribution in [0.1, 0.15) is 34.5 Å². The van der Waals surface area contributed by atoms with E-state index in [1.54, 1.807) is 11.0 Å². The van der Waals surface area contributed by atoms with Crippen molar-refractivity contribution in [3.8, 4) is 0 Å². The van der Waals surface area contributed by atoms with Gasteiger partial charge in [0.1, 0.15) is 5.69 Å². The molecule has 1 fully saturated rings. The van der Waals surface area contributed by atoms with Gasteiger partial charge >= 0.3 is 0 Å². The molecule has 2 amide bonds. The lowest BCUT2D eigenvalue weighted by atomic mass is 10.1. The van der Waals surface area contributed by atoms with E-state index in [4.69, 9.17) is 11.6 Å². The van der Waals surface area contributed by atoms with Gasteiger partial charge in [0, 0.05) is 37.0 Å². The number of hydrogen-bond donors (Lipinski definition) is 1. The molecule has 1 aliphatic rings. The first-order valence-corrected chi connectivity index (χ1v) is 9.75. The summed E-state index contributed by atoms with van der Waals surface area (Å²) in [4.78, 5) is 27.4. The van der Waals surface area contributed by atoms with Crippen molar-refractivity contribution in [3.63, 3.8) is 0 Å². The Morgan fingerprint density at radius 2 is 2.04 bits per heavy atom. The van der Waals surface area contributed by atoms with Crippen molar-refractivity contribution >= 4 is 40.0 Å². The van der Waals surface area contributed by atoms with Gasteiger partial charge in [-0.1, -0.05) is 35.4 Å². The van der Waals surface area contributed by atoms with Gasteiger partial charge in [0.15, 0.2) is 0 Å². The molecule has 3 aromatic rings. The van der Waals surface area contributed by atoms with E-state index >= 15 is 0 Å². The highest BCUT2D eigenvalue weighted by Gasteiger charge is 2.31. The molecule has 6 heteroatoms. The van der Waals surface area contributed by atoms with E-state index in [0.29, 0.717) is 35.9 Å². The molecule has 4 rings (SSSR count). The molecule has 0 unspecified atom stereocenters. The van der Waals surface area contributed by atoms with E-state index in [1.807, 2.05) is 54.9 Å². The number of hydrogen-bond acceptors (Lipinski definition) is 2. The lowest BCUT2D eigenvalue weighted by Gasteiger charge is -2.18. The standard InChI is InChI=1S/C22H22ClN3O2/c1-14-8-9-18-17(11-14)20(26-10-4-7-19(26)27)21(25(18)2)22(28)24-13-15-5-3-6-16(23)12-15/h3,5-6,8-9,11-12H,4,7,10,13H2,1-2H3,(H,24,28). The fourth-order valence-electron chi connectivity index (χ4n) is 3.87. The molecule has 0 radical (unpaired) electrons. The van der Waals surface area contributed by atoms with Crippen LogP contribution >= 0.6 is 11.6 Å². The Labute approximate surface area is 168 Å². The van der Waals surface area contributed by atoms with E-state index in [1.165, 1.54) is 0 Å². The number of benzene rings is 2. The number of fused-ring (bicyclic) bond motifs is 1. The summed E-state index contributed by atoms with van der Waals surface area (Å²) in [5.74, 6) is -0.135. The Kier molecular flexibility index (Phi) is 4.85. The Balaban J connectivity index is 1.75. The van der Waals surface area contributed by atoms with Gasteiger partial charge in [-0.2, -0.15) is 0 Å². The van der Waals surface area contributed by atoms with Crippen molar-refractivity contribution in [2.75, 3.05) is 11.4 Å². The monoisotopic (exact) mass is 395 g/mol. The molecule has 0 aliphatic carbocycles. The van der Waals surface area contributed by atoms with Crippen molar-refractivity contribution < 1.29 is 9.59 Å². The van der Waals surface area contributed by atoms with Gasteiger partial charge in [0.25, 0.3) is 5.91 Å². The van der Waals surface area contributed by atoms with Crippen LogP contribution in [0.25, 0.3) is 10.9 Å². The van der Waals surface area contributed by atoms with Crippen molar-refractivity contribution in [1.82, 2.24) is 9.88 Å². The Hall–Kier alpha value is -2.79. The maximum Gasteiger partial charge on any atom is 0.270 e. The third-order valence-electron chi connectivity index (χ3n) is 5.23. The summed E-state index contributed by atoms with van der Waals surface area (Å²) < 4.78 is 1.88. The van der Waals surface area contributed by atoms with E-state index < -0.39 is 0 Å². The zero-order valence-electron chi connectivity index (χ0n) is 16.0. The summed E-state index contributed by atoms with van der Waals surface area (Å²) >= 11 is 6.04. The lowest BCUT2D eigenvalue weighted by molar-refractivity contribution is -0.117. The molecule has 0 atom stereocenters. The highest BCUT2D eigenvalue weighted by atomic mass is 35.5. The summed E-state index contributed by atoms with van der Waals surface area (Å²) in [5.41, 5.74) is 4.18. The second-order valence-electron chi connectivity index (χ2n) is 7.24. The number of aryl methyl sites for hydroxylation is 2. The number of amides is 2. The summed E-state index contributed by atoms with van der Waals surface area (Å²) in [6.07, 6.45) is 1.33. The van der Waals surface area contributed by atoms with Gasteiger partial charge in [-0.25, -0.2) is 0 Å². The van der Waals surface area contributed by atoms with Gasteiger partial charge in [0.05, 0.1) is 11.2 Å². The average Bonchev–Trinajstić information content (AvgIpc) is 3.20. The first-order chi connectivity index (χ1) is 13.5. The van der Waals surface area contributed by atoms with Crippen LogP contribution in [0.5, 0.6) is 0 Å². The summed E-state index contributed by atoms with van der Waals surface area (Å²) in [6.45, 7) is 3.02. The summed E-state index contributed by atoms with van der Waals surface area (Å²) in [5, 5.41) is 4.55. The molecule has 1 N–H and O–H groups in total. The van der Waals surface area contributed by atoms with Gasteiger partial charge in [-0.3, -0.25) is 9.59 Å². The minimum Gasteiger partial charge on any atom is -0.347 e. The number of nitrogens with one attached hydrogen (secondary N) is 1. The molecule has 0 spiro atoms. The van der Waals surface area contributed by atoms with Gasteiger partial charge in [-0.05, 0) is 43.2 Å². The molecule has 0 saturated carbocycles. The summed E-state index contributed by atoms with van der Waals surface area (Å²) in [7, 11) is 1.87. The fraction of sp³-hybridized carbons (Fsp3) is 0.273. The number of rotatable bonds is 4. The quantitative estimate of drug-likeness (QED) is 0.719. The predicted octanol–water partition coefficient (Wildman–Crippen LogP) is 4.20. The number of halogens is 1. The van der Waals surface area contributed by atoms with Crippen LogP contribution < -0.4 is 10.2 Å². The third-order valence-corrected chi connectivity index (χ3v) is 5.46. The van der Waals surface area contributed by atoms with E-state index in [0.717, 1.165) is 28.5 Å². The zero-order valence-corrected chi connectivity index (χ0v) is 16.7. The van der Waals surface area contributed by atoms with Crippen LogP contribution in [0.15, 0.2) is 42.5 Å². The van der Waals surface area contributed by atoms with Gasteiger partial charge in [-0.15, -0.1) is 0 Å². The van der Waals surface area contributed by atoms with Crippen molar-refractivity contribution in [2.45, 2.75) is 26.3 Å². The fourth-order valence-corrected chi connectivity index (χ4v) is 4.08. The number of aromatic nitrogens is 1. The number of carbonyl (C=O) groups excluding carboxylic acids is 2. The molecule has 1 saturated heterocycles. The van der Waals surface area contributed by atoms with Crippen LogP contribution in [0.4, 0.5) is 5.69 Å². The van der Waals surface area contributed by atoms with Crippen LogP contribution in [-0.4, -0.2) is 22.9 Å². The molecule has 1 aromatic heterocycles. The molecule has 5 nitrogen and oxygen atoms in total. The van der Waals surface area contributed by atoms with E-state index in [9.17, 15) is 9.59 Å². The minimum atomic E-state index is -0.203. The van der Waals surface area contributed by atoms with Crippen molar-refractivity contribution in [1.29, 1.82) is 0 Å². The highest BCUT2D eigenvalue weighted by Crippen LogP contribution is 2.36. The Morgan fingerprint density at radius 1 is 1.21 bits per heavy atom. The molecule has 0 bridgehead atoms. The Morgan fingerprint density at radius 3 is 2.75 bits per heavy atom. The maximum atomic E-state index is 13.2. The normalized spacial score (nSPS) is 14.1. The first kappa shape index (κ1) is 18.6. The van der Waals surface area contributed by atoms with Crippen LogP contribution in [0, 0.1) is 6.92 Å². The van der Waals surface area contributed by atoms with E-state index in [-0.39, 0.29) is 11.8 Å². The summed E-state index contributed by atoms with van der Waals surface area (Å²) in [6, 6.07) is 13.5. The molecule has 2 aromatic carbocycles. The SMILES string of the molecule is Cc1ccc2c(c1)c(N1CCCC1=O)c(C(=O)NCc1cccc(Cl)c1)n2C. The maximum absolute atomic E-state index is 13.2. The molecule has 2 heterocycles. The third kappa shape index (κ3) is 3.27. The Bertz CT molecular complexity index is 1090. The second-order valence-corrected chi connectivity index (χ2v) is 7.67. The molecular formula is C22H22ClN3O2. The predicted molar refractivity (Wildman–Crippen MR) is 112 cm³/mol. The molecule has 1 aliphatic heterocycles. The topological polar surface area (TPSA) is 54.3 Å². The van der Waals surface area contributed by atoms with Crippen LogP contribution in [0.3, 0.4) is 0 Å². The van der Waals surface area contributed by atoms with Crippen LogP contribution in [-0.2, 0) is 18.4 Å². The number of nitrogens with zero attached hydrogens (tertiary/aromatic N) is 2. The van der Waals surface area contributed by atoms with Gasteiger partial charge in [0.2, 0.25) is 5.91 Å². The second kappa shape index (κ2) is 7.32. The lowest BCUT2D eigenvalue weighted by Crippen LogP contribution is -2.30. The highest BCUT2D eigenvalue weighted by molar-refractivity contribution is 6.30. The smallest absolute Gasteiger partial charge is 0.270 e. The van der Waals surface area contributed by atoms with E-state index in [2.05, 4.69) is 5.32 Å². The van der Waals surface area contributed by atoms with Crippen LogP contribution in [0.2, 0.25) is 5.02 Å². The zero-order chi connectivity index (χ0) is 19.8. The molecular weight excluding hydrogens is 374 g/mol. The minimum absolute atomic E-state index is 0.0675. The van der Waals surface area contributed by atoms with Crippen molar-refractivity contribution in [3.05, 3.63) is 64.3 Å².